The Morgan fingerprint density at radius 3 is 2.65 bits per heavy atom. The van der Waals surface area contributed by atoms with Gasteiger partial charge in [-0.05, 0) is 24.9 Å². The highest BCUT2D eigenvalue weighted by Crippen LogP contribution is 2.13. The molecule has 0 bridgehead atoms. The van der Waals surface area contributed by atoms with Crippen LogP contribution in [0.5, 0.6) is 0 Å². The summed E-state index contributed by atoms with van der Waals surface area (Å²) in [6.07, 6.45) is 1.28. The average molecular weight is 232 g/mol. The second-order valence-electron chi connectivity index (χ2n) is 4.15. The molecule has 1 aromatic rings. The quantitative estimate of drug-likeness (QED) is 0.707. The number of rotatable bonds is 7. The molecule has 1 rings (SSSR count). The third kappa shape index (κ3) is 4.99. The molecule has 0 heterocycles. The van der Waals surface area contributed by atoms with Gasteiger partial charge in [0.15, 0.2) is 0 Å². The zero-order chi connectivity index (χ0) is 12.5. The van der Waals surface area contributed by atoms with E-state index in [1.807, 2.05) is 37.3 Å². The standard InChI is InChI=1S/C14H20N2O/c1-2-14(17)8-9-16-11-13(10-15)12-6-4-3-5-7-12/h3-7,13-14,16-17H,2,8-9,11H2,1H3. The fourth-order valence-corrected chi connectivity index (χ4v) is 1.64. The Balaban J connectivity index is 2.32. The van der Waals surface area contributed by atoms with E-state index < -0.39 is 0 Å². The molecular weight excluding hydrogens is 212 g/mol. The number of benzene rings is 1. The number of aliphatic hydroxyl groups is 1. The van der Waals surface area contributed by atoms with Gasteiger partial charge in [-0.1, -0.05) is 37.3 Å². The Morgan fingerprint density at radius 2 is 2.06 bits per heavy atom. The molecule has 0 amide bonds. The molecule has 0 aromatic heterocycles. The van der Waals surface area contributed by atoms with Crippen molar-refractivity contribution in [1.82, 2.24) is 5.32 Å². The Labute approximate surface area is 103 Å². The van der Waals surface area contributed by atoms with Gasteiger partial charge in [0.05, 0.1) is 18.1 Å². The van der Waals surface area contributed by atoms with E-state index in [1.165, 1.54) is 0 Å². The van der Waals surface area contributed by atoms with Crippen LogP contribution in [-0.4, -0.2) is 24.3 Å². The number of nitriles is 1. The molecule has 0 aliphatic rings. The monoisotopic (exact) mass is 232 g/mol. The van der Waals surface area contributed by atoms with Gasteiger partial charge in [0.25, 0.3) is 0 Å². The number of aliphatic hydroxyl groups excluding tert-OH is 1. The lowest BCUT2D eigenvalue weighted by molar-refractivity contribution is 0.160. The van der Waals surface area contributed by atoms with Crippen LogP contribution in [0.4, 0.5) is 0 Å². The predicted molar refractivity (Wildman–Crippen MR) is 68.6 cm³/mol. The van der Waals surface area contributed by atoms with Crippen LogP contribution in [0.15, 0.2) is 30.3 Å². The fourth-order valence-electron chi connectivity index (χ4n) is 1.64. The van der Waals surface area contributed by atoms with Crippen LogP contribution in [-0.2, 0) is 0 Å². The van der Waals surface area contributed by atoms with Crippen LogP contribution in [0.1, 0.15) is 31.2 Å². The minimum Gasteiger partial charge on any atom is -0.393 e. The van der Waals surface area contributed by atoms with Gasteiger partial charge in [0.2, 0.25) is 0 Å². The topological polar surface area (TPSA) is 56.0 Å². The average Bonchev–Trinajstić information content (AvgIpc) is 2.39. The van der Waals surface area contributed by atoms with E-state index in [9.17, 15) is 5.11 Å². The zero-order valence-corrected chi connectivity index (χ0v) is 10.3. The van der Waals surface area contributed by atoms with Gasteiger partial charge in [-0.25, -0.2) is 0 Å². The van der Waals surface area contributed by atoms with Crippen molar-refractivity contribution < 1.29 is 5.11 Å². The predicted octanol–water partition coefficient (Wildman–Crippen LogP) is 2.04. The summed E-state index contributed by atoms with van der Waals surface area (Å²) in [6.45, 7) is 3.35. The van der Waals surface area contributed by atoms with E-state index in [1.54, 1.807) is 0 Å². The van der Waals surface area contributed by atoms with Crippen molar-refractivity contribution in [2.24, 2.45) is 0 Å². The number of nitrogens with one attached hydrogen (secondary N) is 1. The number of hydrogen-bond donors (Lipinski definition) is 2. The van der Waals surface area contributed by atoms with Gasteiger partial charge in [0.1, 0.15) is 0 Å². The van der Waals surface area contributed by atoms with Crippen molar-refractivity contribution in [1.29, 1.82) is 5.26 Å². The van der Waals surface area contributed by atoms with Crippen LogP contribution in [0, 0.1) is 11.3 Å². The maximum atomic E-state index is 9.39. The summed E-state index contributed by atoms with van der Waals surface area (Å²) in [4.78, 5) is 0. The van der Waals surface area contributed by atoms with Gasteiger partial charge in [-0.3, -0.25) is 0 Å². The first-order valence-corrected chi connectivity index (χ1v) is 6.11. The third-order valence-corrected chi connectivity index (χ3v) is 2.83. The third-order valence-electron chi connectivity index (χ3n) is 2.83. The summed E-state index contributed by atoms with van der Waals surface area (Å²) in [6, 6.07) is 12.1. The maximum absolute atomic E-state index is 9.39. The highest BCUT2D eigenvalue weighted by molar-refractivity contribution is 5.24. The maximum Gasteiger partial charge on any atom is 0.0837 e. The summed E-state index contributed by atoms with van der Waals surface area (Å²) in [5, 5.41) is 21.7. The molecule has 0 aliphatic heterocycles. The molecule has 92 valence electrons. The minimum absolute atomic E-state index is 0.116. The summed E-state index contributed by atoms with van der Waals surface area (Å²) in [5.74, 6) is -0.116. The molecule has 0 aliphatic carbocycles. The van der Waals surface area contributed by atoms with Crippen molar-refractivity contribution in [2.75, 3.05) is 13.1 Å². The molecule has 2 unspecified atom stereocenters. The highest BCUT2D eigenvalue weighted by atomic mass is 16.3. The van der Waals surface area contributed by atoms with Crippen molar-refractivity contribution in [3.8, 4) is 6.07 Å². The van der Waals surface area contributed by atoms with Crippen LogP contribution in [0.2, 0.25) is 0 Å². The Kier molecular flexibility index (Phi) is 6.31. The van der Waals surface area contributed by atoms with E-state index in [4.69, 9.17) is 5.26 Å². The van der Waals surface area contributed by atoms with Crippen LogP contribution in [0.25, 0.3) is 0 Å². The molecule has 0 radical (unpaired) electrons. The van der Waals surface area contributed by atoms with Gasteiger partial charge in [0, 0.05) is 6.54 Å². The summed E-state index contributed by atoms with van der Waals surface area (Å²) in [5.41, 5.74) is 1.04. The molecule has 3 nitrogen and oxygen atoms in total. The summed E-state index contributed by atoms with van der Waals surface area (Å²) < 4.78 is 0. The first kappa shape index (κ1) is 13.7. The fraction of sp³-hybridized carbons (Fsp3) is 0.500. The normalized spacial score (nSPS) is 13.9. The molecule has 0 saturated carbocycles. The van der Waals surface area contributed by atoms with Gasteiger partial charge in [-0.2, -0.15) is 5.26 Å². The van der Waals surface area contributed by atoms with Crippen molar-refractivity contribution >= 4 is 0 Å². The van der Waals surface area contributed by atoms with Crippen molar-refractivity contribution in [2.45, 2.75) is 31.8 Å². The van der Waals surface area contributed by atoms with Crippen LogP contribution < -0.4 is 5.32 Å². The minimum atomic E-state index is -0.236. The second-order valence-corrected chi connectivity index (χ2v) is 4.15. The largest absolute Gasteiger partial charge is 0.393 e. The molecular formula is C14H20N2O. The van der Waals surface area contributed by atoms with E-state index >= 15 is 0 Å². The second kappa shape index (κ2) is 7.83. The first-order chi connectivity index (χ1) is 8.27. The SMILES string of the molecule is CCC(O)CCNCC(C#N)c1ccccc1. The molecule has 0 spiro atoms. The smallest absolute Gasteiger partial charge is 0.0837 e. The van der Waals surface area contributed by atoms with E-state index in [2.05, 4.69) is 11.4 Å². The van der Waals surface area contributed by atoms with Crippen molar-refractivity contribution in [3.05, 3.63) is 35.9 Å². The zero-order valence-electron chi connectivity index (χ0n) is 10.3. The Hall–Kier alpha value is -1.37. The Morgan fingerprint density at radius 1 is 1.35 bits per heavy atom. The molecule has 0 fully saturated rings. The molecule has 2 atom stereocenters. The van der Waals surface area contributed by atoms with Gasteiger partial charge in [-0.15, -0.1) is 0 Å². The lowest BCUT2D eigenvalue weighted by Crippen LogP contribution is -2.24. The van der Waals surface area contributed by atoms with E-state index in [0.29, 0.717) is 6.54 Å². The molecule has 3 heteroatoms. The highest BCUT2D eigenvalue weighted by Gasteiger charge is 2.09. The van der Waals surface area contributed by atoms with E-state index in [-0.39, 0.29) is 12.0 Å². The lowest BCUT2D eigenvalue weighted by Gasteiger charge is -2.12. The summed E-state index contributed by atoms with van der Waals surface area (Å²) in [7, 11) is 0. The summed E-state index contributed by atoms with van der Waals surface area (Å²) >= 11 is 0. The van der Waals surface area contributed by atoms with E-state index in [0.717, 1.165) is 24.9 Å². The van der Waals surface area contributed by atoms with Crippen LogP contribution >= 0.6 is 0 Å². The van der Waals surface area contributed by atoms with Crippen molar-refractivity contribution in [3.63, 3.8) is 0 Å². The van der Waals surface area contributed by atoms with Crippen LogP contribution in [0.3, 0.4) is 0 Å². The Bertz CT molecular complexity index is 345. The number of nitrogens with zero attached hydrogens (tertiary/aromatic N) is 1. The molecule has 2 N–H and O–H groups in total. The lowest BCUT2D eigenvalue weighted by atomic mass is 10.0. The van der Waals surface area contributed by atoms with Gasteiger partial charge >= 0.3 is 0 Å². The first-order valence-electron chi connectivity index (χ1n) is 6.11. The molecule has 17 heavy (non-hydrogen) atoms. The molecule has 1 aromatic carbocycles. The van der Waals surface area contributed by atoms with Gasteiger partial charge < -0.3 is 10.4 Å². The number of hydrogen-bond acceptors (Lipinski definition) is 3. The molecule has 0 saturated heterocycles.